The number of benzene rings is 2. The molecule has 1 heterocycles. The number of carbonyl (C=O) groups is 1. The summed E-state index contributed by atoms with van der Waals surface area (Å²) in [4.78, 5) is 15.4. The number of rotatable bonds is 6. The van der Waals surface area contributed by atoms with Crippen LogP contribution in [-0.2, 0) is 11.2 Å². The molecule has 1 atom stereocenters. The van der Waals surface area contributed by atoms with Crippen molar-refractivity contribution in [2.45, 2.75) is 34.1 Å². The van der Waals surface area contributed by atoms with Gasteiger partial charge in [0.15, 0.2) is 6.61 Å². The lowest BCUT2D eigenvalue weighted by molar-refractivity contribution is -0.123. The maximum absolute atomic E-state index is 12.0. The average molecular weight is 384 g/mol. The molecule has 144 valence electrons. The van der Waals surface area contributed by atoms with Gasteiger partial charge in [-0.05, 0) is 48.8 Å². The Kier molecular flexibility index (Phi) is 7.87. The largest absolute Gasteiger partial charge is 0.484 e. The number of nitrogens with one attached hydrogen (secondary N) is 2. The van der Waals surface area contributed by atoms with Crippen molar-refractivity contribution < 1.29 is 9.53 Å². The second kappa shape index (κ2) is 10.1. The summed E-state index contributed by atoms with van der Waals surface area (Å²) in [5, 5.41) is 5.36. The maximum Gasteiger partial charge on any atom is 0.257 e. The van der Waals surface area contributed by atoms with Crippen LogP contribution in [-0.4, -0.2) is 24.0 Å². The van der Waals surface area contributed by atoms with Crippen molar-refractivity contribution in [2.75, 3.05) is 13.2 Å². The smallest absolute Gasteiger partial charge is 0.257 e. The molecule has 1 unspecified atom stereocenters. The summed E-state index contributed by atoms with van der Waals surface area (Å²) in [6.07, 6.45) is 0.790. The molecule has 2 aromatic carbocycles. The number of ether oxygens (including phenoxy) is 1. The highest BCUT2D eigenvalue weighted by Gasteiger charge is 2.12. The molecule has 2 N–H and O–H groups in total. The van der Waals surface area contributed by atoms with E-state index in [0.717, 1.165) is 22.9 Å². The number of hydrogen-bond acceptors (Lipinski definition) is 2. The first-order valence-electron chi connectivity index (χ1n) is 9.37. The molecule has 5 heteroatoms. The molecule has 0 saturated carbocycles. The lowest BCUT2D eigenvalue weighted by atomic mass is 10.0. The van der Waals surface area contributed by atoms with Crippen LogP contribution in [0.15, 0.2) is 42.5 Å². The van der Waals surface area contributed by atoms with Crippen molar-refractivity contribution in [3.63, 3.8) is 0 Å². The summed E-state index contributed by atoms with van der Waals surface area (Å²) in [5.41, 5.74) is 4.83. The van der Waals surface area contributed by atoms with Crippen LogP contribution in [0.4, 0.5) is 0 Å². The van der Waals surface area contributed by atoms with Gasteiger partial charge < -0.3 is 15.0 Å². The number of H-pyrrole nitrogens is 1. The van der Waals surface area contributed by atoms with E-state index in [9.17, 15) is 4.79 Å². The predicted molar refractivity (Wildman–Crippen MR) is 117 cm³/mol. The van der Waals surface area contributed by atoms with Crippen molar-refractivity contribution in [2.24, 2.45) is 0 Å². The third-order valence-electron chi connectivity index (χ3n) is 4.32. The summed E-state index contributed by atoms with van der Waals surface area (Å²) in [6.45, 7) is 8.83. The maximum atomic E-state index is 12.0. The van der Waals surface area contributed by atoms with E-state index in [0.29, 0.717) is 12.3 Å². The van der Waals surface area contributed by atoms with Crippen LogP contribution in [0.1, 0.15) is 30.7 Å². The monoisotopic (exact) mass is 384 g/mol. The Morgan fingerprint density at radius 1 is 1.11 bits per heavy atom. The van der Waals surface area contributed by atoms with Crippen LogP contribution in [0, 0.1) is 13.8 Å². The topological polar surface area (TPSA) is 54.1 Å². The molecule has 0 aliphatic heterocycles. The summed E-state index contributed by atoms with van der Waals surface area (Å²) < 4.78 is 5.46. The van der Waals surface area contributed by atoms with Crippen LogP contribution in [0.5, 0.6) is 5.75 Å². The van der Waals surface area contributed by atoms with E-state index < -0.39 is 0 Å². The van der Waals surface area contributed by atoms with Crippen LogP contribution < -0.4 is 15.4 Å². The fourth-order valence-electron chi connectivity index (χ4n) is 3.05. The molecule has 0 saturated heterocycles. The van der Waals surface area contributed by atoms with E-state index in [-0.39, 0.29) is 12.5 Å². The van der Waals surface area contributed by atoms with Gasteiger partial charge in [0.2, 0.25) is 0 Å². The highest BCUT2D eigenvalue weighted by molar-refractivity contribution is 7.28. The van der Waals surface area contributed by atoms with E-state index in [1.807, 2.05) is 44.2 Å². The fourth-order valence-corrected chi connectivity index (χ4v) is 3.37. The van der Waals surface area contributed by atoms with Crippen LogP contribution in [0.2, 0.25) is 0 Å². The highest BCUT2D eigenvalue weighted by Crippen LogP contribution is 2.25. The number of amides is 1. The number of fused-ring (bicyclic) bond motifs is 1. The van der Waals surface area contributed by atoms with Gasteiger partial charge in [-0.25, -0.2) is 0 Å². The average Bonchev–Trinajstić information content (AvgIpc) is 3.03. The first-order valence-corrected chi connectivity index (χ1v) is 9.94. The molecular formula is C22H29N2O2P. The van der Waals surface area contributed by atoms with Gasteiger partial charge in [0.05, 0.1) is 5.52 Å². The molecule has 0 fully saturated rings. The SMILES string of the molecule is CC.Cc1[nH]c2c(P)ccc(C)c2c1CCNC(=O)COc1ccccc1. The summed E-state index contributed by atoms with van der Waals surface area (Å²) in [5.74, 6) is 0.596. The Morgan fingerprint density at radius 2 is 1.81 bits per heavy atom. The Balaban J connectivity index is 0.00000126. The first kappa shape index (κ1) is 21.0. The zero-order valence-electron chi connectivity index (χ0n) is 16.6. The van der Waals surface area contributed by atoms with Gasteiger partial charge in [-0.3, -0.25) is 4.79 Å². The second-order valence-corrected chi connectivity index (χ2v) is 6.77. The minimum atomic E-state index is -0.107. The van der Waals surface area contributed by atoms with E-state index in [1.54, 1.807) is 0 Å². The molecule has 1 aromatic heterocycles. The molecule has 0 bridgehead atoms. The molecule has 0 aliphatic carbocycles. The van der Waals surface area contributed by atoms with E-state index >= 15 is 0 Å². The van der Waals surface area contributed by atoms with Gasteiger partial charge in [-0.2, -0.15) is 0 Å². The molecule has 0 aliphatic rings. The van der Waals surface area contributed by atoms with E-state index in [2.05, 4.69) is 45.5 Å². The second-order valence-electron chi connectivity index (χ2n) is 6.15. The summed E-state index contributed by atoms with van der Waals surface area (Å²) in [7, 11) is 2.77. The Morgan fingerprint density at radius 3 is 2.52 bits per heavy atom. The van der Waals surface area contributed by atoms with Crippen LogP contribution in [0.3, 0.4) is 0 Å². The van der Waals surface area contributed by atoms with Gasteiger partial charge in [-0.15, -0.1) is 9.24 Å². The number of aromatic nitrogens is 1. The molecule has 3 rings (SSSR count). The lowest BCUT2D eigenvalue weighted by Gasteiger charge is -2.08. The van der Waals surface area contributed by atoms with Gasteiger partial charge in [0.1, 0.15) is 5.75 Å². The normalized spacial score (nSPS) is 10.3. The molecule has 0 radical (unpaired) electrons. The van der Waals surface area contributed by atoms with Crippen molar-refractivity contribution in [3.8, 4) is 5.75 Å². The predicted octanol–water partition coefficient (Wildman–Crippen LogP) is 4.05. The highest BCUT2D eigenvalue weighted by atomic mass is 31.0. The molecule has 0 spiro atoms. The molecule has 4 nitrogen and oxygen atoms in total. The van der Waals surface area contributed by atoms with Gasteiger partial charge in [-0.1, -0.05) is 44.2 Å². The minimum Gasteiger partial charge on any atom is -0.484 e. The fraction of sp³-hybridized carbons (Fsp3) is 0.318. The zero-order valence-corrected chi connectivity index (χ0v) is 17.7. The van der Waals surface area contributed by atoms with Crippen LogP contribution in [0.25, 0.3) is 10.9 Å². The van der Waals surface area contributed by atoms with Gasteiger partial charge >= 0.3 is 0 Å². The zero-order chi connectivity index (χ0) is 19.8. The number of para-hydroxylation sites is 1. The van der Waals surface area contributed by atoms with E-state index in [4.69, 9.17) is 4.74 Å². The third kappa shape index (κ3) is 5.33. The quantitative estimate of drug-likeness (QED) is 0.630. The number of carbonyl (C=O) groups excluding carboxylic acids is 1. The van der Waals surface area contributed by atoms with Gasteiger partial charge in [0.25, 0.3) is 5.91 Å². The van der Waals surface area contributed by atoms with Gasteiger partial charge in [0, 0.05) is 17.6 Å². The van der Waals surface area contributed by atoms with Crippen molar-refractivity contribution in [1.29, 1.82) is 0 Å². The number of aryl methyl sites for hydroxylation is 2. The number of hydrogen-bond donors (Lipinski definition) is 2. The van der Waals surface area contributed by atoms with Crippen molar-refractivity contribution in [1.82, 2.24) is 10.3 Å². The standard InChI is InChI=1S/C20H23N2O2P.C2H6/c1-13-8-9-17(25)20-19(13)16(14(2)22-20)10-11-21-18(23)12-24-15-6-4-3-5-7-15;1-2/h3-9,22H,10-12,25H2,1-2H3,(H,21,23);1-2H3. The van der Waals surface area contributed by atoms with Crippen molar-refractivity contribution >= 4 is 31.4 Å². The Labute approximate surface area is 163 Å². The summed E-state index contributed by atoms with van der Waals surface area (Å²) in [6, 6.07) is 13.6. The molecule has 3 aromatic rings. The lowest BCUT2D eigenvalue weighted by Crippen LogP contribution is -2.30. The molecule has 1 amide bonds. The third-order valence-corrected chi connectivity index (χ3v) is 4.80. The Bertz CT molecular complexity index is 888. The minimum absolute atomic E-state index is 0.0334. The first-order chi connectivity index (χ1) is 13.1. The van der Waals surface area contributed by atoms with Crippen LogP contribution >= 0.6 is 9.24 Å². The van der Waals surface area contributed by atoms with Crippen molar-refractivity contribution in [3.05, 3.63) is 59.3 Å². The molecular weight excluding hydrogens is 355 g/mol. The van der Waals surface area contributed by atoms with E-state index in [1.165, 1.54) is 16.5 Å². The molecule has 27 heavy (non-hydrogen) atoms. The Hall–Kier alpha value is -2.32. The number of aromatic amines is 1. The summed E-state index contributed by atoms with van der Waals surface area (Å²) >= 11 is 0.